The average molecular weight is 363 g/mol. The Morgan fingerprint density at radius 3 is 2.50 bits per heavy atom. The summed E-state index contributed by atoms with van der Waals surface area (Å²) in [7, 11) is 3.12. The summed E-state index contributed by atoms with van der Waals surface area (Å²) in [5.74, 6) is 0.906. The van der Waals surface area contributed by atoms with Crippen molar-refractivity contribution in [1.82, 2.24) is 5.43 Å². The van der Waals surface area contributed by atoms with Gasteiger partial charge in [-0.25, -0.2) is 5.43 Å². The molecular weight excluding hydrogens is 348 g/mol. The molecule has 0 aliphatic carbocycles. The molecule has 5 nitrogen and oxygen atoms in total. The summed E-state index contributed by atoms with van der Waals surface area (Å²) in [6.07, 6.45) is 1.56. The van der Waals surface area contributed by atoms with Crippen LogP contribution in [0.1, 0.15) is 15.9 Å². The number of hydrazone groups is 1. The molecule has 0 aliphatic heterocycles. The molecule has 1 amide bonds. The smallest absolute Gasteiger partial charge is 0.275 e. The molecule has 0 heterocycles. The van der Waals surface area contributed by atoms with Gasteiger partial charge in [-0.2, -0.15) is 5.10 Å². The molecule has 0 spiro atoms. The normalized spacial score (nSPS) is 10.5. The Hall–Kier alpha value is -2.34. The molecule has 2 aromatic rings. The number of nitrogens with zero attached hydrogens (tertiary/aromatic N) is 1. The predicted octanol–water partition coefficient (Wildman–Crippen LogP) is 3.23. The van der Waals surface area contributed by atoms with E-state index in [4.69, 9.17) is 9.47 Å². The van der Waals surface area contributed by atoms with Crippen LogP contribution in [0.15, 0.2) is 52.0 Å². The first-order valence-electron chi connectivity index (χ1n) is 6.45. The second-order valence-corrected chi connectivity index (χ2v) is 5.23. The van der Waals surface area contributed by atoms with Crippen LogP contribution >= 0.6 is 15.9 Å². The van der Waals surface area contributed by atoms with Gasteiger partial charge in [0, 0.05) is 4.47 Å². The van der Waals surface area contributed by atoms with E-state index >= 15 is 0 Å². The van der Waals surface area contributed by atoms with E-state index in [9.17, 15) is 4.79 Å². The van der Waals surface area contributed by atoms with E-state index in [1.54, 1.807) is 31.5 Å². The Labute approximate surface area is 137 Å². The second kappa shape index (κ2) is 7.61. The highest BCUT2D eigenvalue weighted by atomic mass is 79.9. The largest absolute Gasteiger partial charge is 0.497 e. The number of carbonyl (C=O) groups excluding carboxylic acids is 1. The Kier molecular flexibility index (Phi) is 5.55. The number of rotatable bonds is 5. The summed E-state index contributed by atoms with van der Waals surface area (Å²) in [6, 6.07) is 12.5. The first-order valence-corrected chi connectivity index (χ1v) is 7.24. The van der Waals surface area contributed by atoms with Gasteiger partial charge in [0.2, 0.25) is 0 Å². The Balaban J connectivity index is 2.05. The lowest BCUT2D eigenvalue weighted by Crippen LogP contribution is -2.18. The van der Waals surface area contributed by atoms with Crippen LogP contribution in [-0.4, -0.2) is 26.3 Å². The highest BCUT2D eigenvalue weighted by molar-refractivity contribution is 9.10. The van der Waals surface area contributed by atoms with Crippen molar-refractivity contribution in [1.29, 1.82) is 0 Å². The first-order chi connectivity index (χ1) is 10.6. The van der Waals surface area contributed by atoms with Crippen LogP contribution in [0.2, 0.25) is 0 Å². The number of hydrogen-bond acceptors (Lipinski definition) is 4. The van der Waals surface area contributed by atoms with Gasteiger partial charge in [0.25, 0.3) is 5.91 Å². The highest BCUT2D eigenvalue weighted by Crippen LogP contribution is 2.22. The summed E-state index contributed by atoms with van der Waals surface area (Å²) in [6.45, 7) is 0. The molecule has 0 radical (unpaired) electrons. The van der Waals surface area contributed by atoms with Crippen LogP contribution < -0.4 is 14.9 Å². The van der Waals surface area contributed by atoms with Gasteiger partial charge >= 0.3 is 0 Å². The van der Waals surface area contributed by atoms with Crippen LogP contribution in [0.25, 0.3) is 0 Å². The first kappa shape index (κ1) is 16.0. The maximum absolute atomic E-state index is 12.1. The van der Waals surface area contributed by atoms with Gasteiger partial charge in [-0.05, 0) is 48.0 Å². The summed E-state index contributed by atoms with van der Waals surface area (Å²) in [4.78, 5) is 12.1. The third kappa shape index (κ3) is 4.08. The van der Waals surface area contributed by atoms with Crippen molar-refractivity contribution in [2.75, 3.05) is 14.2 Å². The maximum Gasteiger partial charge on any atom is 0.275 e. The minimum absolute atomic E-state index is 0.345. The van der Waals surface area contributed by atoms with E-state index in [-0.39, 0.29) is 5.91 Å². The molecule has 0 saturated heterocycles. The third-order valence-corrected chi connectivity index (χ3v) is 3.39. The zero-order chi connectivity index (χ0) is 15.9. The number of hydrogen-bond donors (Lipinski definition) is 1. The fourth-order valence-corrected chi connectivity index (χ4v) is 2.13. The summed E-state index contributed by atoms with van der Waals surface area (Å²) < 4.78 is 11.0. The lowest BCUT2D eigenvalue weighted by Gasteiger charge is -2.07. The highest BCUT2D eigenvalue weighted by Gasteiger charge is 2.11. The molecule has 6 heteroatoms. The Bertz CT molecular complexity index is 684. The molecule has 0 saturated carbocycles. The summed E-state index contributed by atoms with van der Waals surface area (Å²) >= 11 is 3.33. The zero-order valence-electron chi connectivity index (χ0n) is 12.2. The van der Waals surface area contributed by atoms with Crippen molar-refractivity contribution in [2.24, 2.45) is 5.10 Å². The van der Waals surface area contributed by atoms with Gasteiger partial charge in [-0.3, -0.25) is 4.79 Å². The fraction of sp³-hybridized carbons (Fsp3) is 0.125. The number of benzene rings is 2. The molecular formula is C16H15BrN2O3. The number of nitrogens with one attached hydrogen (secondary N) is 1. The van der Waals surface area contributed by atoms with Crippen LogP contribution in [0, 0.1) is 0 Å². The topological polar surface area (TPSA) is 59.9 Å². The number of amides is 1. The molecule has 2 aromatic carbocycles. The number of halogens is 1. The van der Waals surface area contributed by atoms with E-state index in [2.05, 4.69) is 26.5 Å². The molecule has 114 valence electrons. The van der Waals surface area contributed by atoms with Gasteiger partial charge in [-0.15, -0.1) is 0 Å². The van der Waals surface area contributed by atoms with Crippen LogP contribution in [0.5, 0.6) is 11.5 Å². The molecule has 0 aromatic heterocycles. The van der Waals surface area contributed by atoms with Crippen molar-refractivity contribution in [3.63, 3.8) is 0 Å². The van der Waals surface area contributed by atoms with E-state index in [0.29, 0.717) is 11.3 Å². The Morgan fingerprint density at radius 1 is 1.14 bits per heavy atom. The number of ether oxygens (including phenoxy) is 2. The van der Waals surface area contributed by atoms with Crippen LogP contribution in [-0.2, 0) is 0 Å². The quantitative estimate of drug-likeness (QED) is 0.656. The molecule has 2 rings (SSSR count). The standard InChI is InChI=1S/C16H15BrN2O3/c1-21-13-6-3-11(4-7-13)10-18-19-16(20)14-9-12(17)5-8-15(14)22-2/h3-10H,1-2H3,(H,19,20). The second-order valence-electron chi connectivity index (χ2n) is 4.32. The molecule has 22 heavy (non-hydrogen) atoms. The fourth-order valence-electron chi connectivity index (χ4n) is 1.77. The van der Waals surface area contributed by atoms with E-state index < -0.39 is 0 Å². The van der Waals surface area contributed by atoms with Crippen molar-refractivity contribution in [3.8, 4) is 11.5 Å². The van der Waals surface area contributed by atoms with Gasteiger partial charge in [0.15, 0.2) is 0 Å². The molecule has 0 atom stereocenters. The summed E-state index contributed by atoms with van der Waals surface area (Å²) in [5, 5.41) is 3.94. The van der Waals surface area contributed by atoms with E-state index in [1.807, 2.05) is 24.3 Å². The predicted molar refractivity (Wildman–Crippen MR) is 88.7 cm³/mol. The molecule has 0 aliphatic rings. The SMILES string of the molecule is COc1ccc(C=NNC(=O)c2cc(Br)ccc2OC)cc1. The number of methoxy groups -OCH3 is 2. The molecule has 0 bridgehead atoms. The molecule has 0 unspecified atom stereocenters. The van der Waals surface area contributed by atoms with Crippen molar-refractivity contribution in [2.45, 2.75) is 0 Å². The Morgan fingerprint density at radius 2 is 1.86 bits per heavy atom. The van der Waals surface area contributed by atoms with Crippen LogP contribution in [0.3, 0.4) is 0 Å². The monoisotopic (exact) mass is 362 g/mol. The van der Waals surface area contributed by atoms with Gasteiger partial charge in [0.05, 0.1) is 26.0 Å². The lowest BCUT2D eigenvalue weighted by atomic mass is 10.2. The van der Waals surface area contributed by atoms with Crippen molar-refractivity contribution < 1.29 is 14.3 Å². The van der Waals surface area contributed by atoms with E-state index in [0.717, 1.165) is 15.8 Å². The summed E-state index contributed by atoms with van der Waals surface area (Å²) in [5.41, 5.74) is 3.73. The van der Waals surface area contributed by atoms with Gasteiger partial charge in [-0.1, -0.05) is 15.9 Å². The third-order valence-electron chi connectivity index (χ3n) is 2.90. The van der Waals surface area contributed by atoms with Gasteiger partial charge in [0.1, 0.15) is 11.5 Å². The van der Waals surface area contributed by atoms with Crippen molar-refractivity contribution in [3.05, 3.63) is 58.1 Å². The minimum atomic E-state index is -0.345. The van der Waals surface area contributed by atoms with Gasteiger partial charge < -0.3 is 9.47 Å². The molecule has 1 N–H and O–H groups in total. The number of carbonyl (C=O) groups is 1. The van der Waals surface area contributed by atoms with Crippen LogP contribution in [0.4, 0.5) is 0 Å². The molecule has 0 fully saturated rings. The van der Waals surface area contributed by atoms with E-state index in [1.165, 1.54) is 7.11 Å². The average Bonchev–Trinajstić information content (AvgIpc) is 2.55. The van der Waals surface area contributed by atoms with Crippen molar-refractivity contribution >= 4 is 28.1 Å². The minimum Gasteiger partial charge on any atom is -0.497 e. The maximum atomic E-state index is 12.1. The zero-order valence-corrected chi connectivity index (χ0v) is 13.8. The lowest BCUT2D eigenvalue weighted by molar-refractivity contribution is 0.0952.